The Balaban J connectivity index is 1.13. The molecule has 60 heavy (non-hydrogen) atoms. The van der Waals surface area contributed by atoms with E-state index in [1.165, 1.54) is 121 Å². The average Bonchev–Trinajstić information content (AvgIpc) is 3.66. The molecule has 0 heteroatoms. The predicted molar refractivity (Wildman–Crippen MR) is 256 cm³/mol. The van der Waals surface area contributed by atoms with Crippen molar-refractivity contribution in [1.29, 1.82) is 0 Å². The van der Waals surface area contributed by atoms with E-state index in [0.717, 1.165) is 0 Å². The lowest BCUT2D eigenvalue weighted by Crippen LogP contribution is -2.14. The fraction of sp³-hybridized carbons (Fsp3) is 0.100. The van der Waals surface area contributed by atoms with E-state index in [-0.39, 0.29) is 10.8 Å². The molecular weight excluding hydrogens is 721 g/mol. The largest absolute Gasteiger partial charge is 0.0619 e. The molecule has 0 unspecified atom stereocenters. The van der Waals surface area contributed by atoms with Crippen molar-refractivity contribution in [2.24, 2.45) is 0 Å². The molecule has 284 valence electrons. The van der Waals surface area contributed by atoms with Crippen molar-refractivity contribution in [3.05, 3.63) is 216 Å². The summed E-state index contributed by atoms with van der Waals surface area (Å²) in [6.07, 6.45) is 0. The number of fused-ring (bicyclic) bond motifs is 9. The summed E-state index contributed by atoms with van der Waals surface area (Å²) in [5.74, 6) is 0. The summed E-state index contributed by atoms with van der Waals surface area (Å²) in [5.41, 5.74) is 20.8. The highest BCUT2D eigenvalue weighted by Crippen LogP contribution is 2.53. The molecule has 2 aliphatic carbocycles. The first kappa shape index (κ1) is 35.0. The average molecular weight is 765 g/mol. The lowest BCUT2D eigenvalue weighted by molar-refractivity contribution is 0.660. The van der Waals surface area contributed by atoms with Gasteiger partial charge in [0, 0.05) is 10.8 Å². The summed E-state index contributed by atoms with van der Waals surface area (Å²) in [5, 5.41) is 7.57. The van der Waals surface area contributed by atoms with Gasteiger partial charge in [0.1, 0.15) is 0 Å². The van der Waals surface area contributed by atoms with Gasteiger partial charge in [0.2, 0.25) is 0 Å². The smallest absolute Gasteiger partial charge is 0.0159 e. The van der Waals surface area contributed by atoms with Crippen molar-refractivity contribution in [3.8, 4) is 66.8 Å². The van der Waals surface area contributed by atoms with Crippen LogP contribution in [0.5, 0.6) is 0 Å². The van der Waals surface area contributed by atoms with E-state index in [1.54, 1.807) is 0 Å². The number of rotatable bonds is 4. The Hall–Kier alpha value is -7.02. The van der Waals surface area contributed by atoms with E-state index in [9.17, 15) is 0 Å². The summed E-state index contributed by atoms with van der Waals surface area (Å²) >= 11 is 0. The minimum atomic E-state index is -0.0807. The van der Waals surface area contributed by atoms with Gasteiger partial charge in [-0.05, 0) is 146 Å². The SMILES string of the molecule is CC1(C)c2ccccc2-c2cc(-c3c4ccccc4c(-c4ccccc4-c4ccc5c(c4)C(C)(C)c4ccccc4-5)c4ccc(-c5ccc6ccccc6c5)cc34)ccc21. The normalized spacial score (nSPS) is 14.3. The van der Waals surface area contributed by atoms with E-state index in [1.807, 2.05) is 0 Å². The Bertz CT molecular complexity index is 3430. The van der Waals surface area contributed by atoms with Crippen LogP contribution in [0.2, 0.25) is 0 Å². The Kier molecular flexibility index (Phi) is 7.42. The van der Waals surface area contributed by atoms with Crippen LogP contribution in [0.1, 0.15) is 49.9 Å². The van der Waals surface area contributed by atoms with Gasteiger partial charge < -0.3 is 0 Å². The molecule has 2 aliphatic rings. The molecule has 0 amide bonds. The maximum atomic E-state index is 2.48. The first-order valence-electron chi connectivity index (χ1n) is 21.3. The van der Waals surface area contributed by atoms with E-state index < -0.39 is 0 Å². The molecule has 0 saturated carbocycles. The second kappa shape index (κ2) is 12.7. The zero-order valence-corrected chi connectivity index (χ0v) is 34.5. The van der Waals surface area contributed by atoms with Crippen molar-refractivity contribution < 1.29 is 0 Å². The fourth-order valence-corrected chi connectivity index (χ4v) is 11.0. The monoisotopic (exact) mass is 764 g/mol. The van der Waals surface area contributed by atoms with Crippen molar-refractivity contribution in [1.82, 2.24) is 0 Å². The van der Waals surface area contributed by atoms with Crippen LogP contribution in [0, 0.1) is 0 Å². The van der Waals surface area contributed by atoms with E-state index >= 15 is 0 Å². The number of hydrogen-bond donors (Lipinski definition) is 0. The Morgan fingerprint density at radius 2 is 0.750 bits per heavy atom. The summed E-state index contributed by atoms with van der Waals surface area (Å²) in [4.78, 5) is 0. The highest BCUT2D eigenvalue weighted by molar-refractivity contribution is 6.23. The molecule has 0 saturated heterocycles. The molecule has 0 spiro atoms. The second-order valence-corrected chi connectivity index (χ2v) is 18.0. The molecule has 10 aromatic carbocycles. The minimum absolute atomic E-state index is 0.0546. The Morgan fingerprint density at radius 3 is 1.52 bits per heavy atom. The quantitative estimate of drug-likeness (QED) is 0.157. The maximum absolute atomic E-state index is 2.48. The molecule has 0 bridgehead atoms. The van der Waals surface area contributed by atoms with Crippen LogP contribution >= 0.6 is 0 Å². The summed E-state index contributed by atoms with van der Waals surface area (Å²) in [7, 11) is 0. The molecule has 12 rings (SSSR count). The molecule has 0 atom stereocenters. The molecule has 0 radical (unpaired) electrons. The first-order valence-corrected chi connectivity index (χ1v) is 21.3. The van der Waals surface area contributed by atoms with Crippen LogP contribution in [0.3, 0.4) is 0 Å². The van der Waals surface area contributed by atoms with Crippen LogP contribution in [0.4, 0.5) is 0 Å². The predicted octanol–water partition coefficient (Wildman–Crippen LogP) is 16.4. The van der Waals surface area contributed by atoms with Gasteiger partial charge >= 0.3 is 0 Å². The van der Waals surface area contributed by atoms with Gasteiger partial charge in [-0.3, -0.25) is 0 Å². The van der Waals surface area contributed by atoms with Gasteiger partial charge in [0.25, 0.3) is 0 Å². The van der Waals surface area contributed by atoms with Crippen LogP contribution in [-0.4, -0.2) is 0 Å². The first-order chi connectivity index (χ1) is 29.3. The lowest BCUT2D eigenvalue weighted by Gasteiger charge is -2.23. The second-order valence-electron chi connectivity index (χ2n) is 18.0. The summed E-state index contributed by atoms with van der Waals surface area (Å²) in [6.45, 7) is 9.48. The fourth-order valence-electron chi connectivity index (χ4n) is 11.0. The standard InChI is InChI=1S/C60H44/c1-59(2)54-24-14-12-19-45(54)51-35-42(29-32-55(51)59)57-48-21-9-10-22-49(48)58(50-31-27-40(34-52(50)57)39-26-25-37-15-5-6-16-38(37)33-39)47-20-8-7-17-43(47)41-28-30-46-44-18-11-13-23-53(44)60(3,4)56(46)36-41/h5-36H,1-4H3. The highest BCUT2D eigenvalue weighted by atomic mass is 14.4. The van der Waals surface area contributed by atoms with Crippen LogP contribution in [0.25, 0.3) is 99.1 Å². The molecular formula is C60H44. The van der Waals surface area contributed by atoms with E-state index in [0.29, 0.717) is 0 Å². The molecule has 0 nitrogen and oxygen atoms in total. The van der Waals surface area contributed by atoms with Gasteiger partial charge in [-0.1, -0.05) is 198 Å². The summed E-state index contributed by atoms with van der Waals surface area (Å²) in [6, 6.07) is 73.3. The Morgan fingerprint density at radius 1 is 0.250 bits per heavy atom. The molecule has 0 N–H and O–H groups in total. The van der Waals surface area contributed by atoms with E-state index in [2.05, 4.69) is 222 Å². The van der Waals surface area contributed by atoms with Crippen LogP contribution in [0.15, 0.2) is 194 Å². The van der Waals surface area contributed by atoms with Gasteiger partial charge in [0.15, 0.2) is 0 Å². The van der Waals surface area contributed by atoms with Crippen molar-refractivity contribution in [2.75, 3.05) is 0 Å². The van der Waals surface area contributed by atoms with Crippen LogP contribution < -0.4 is 0 Å². The van der Waals surface area contributed by atoms with Gasteiger partial charge in [-0.25, -0.2) is 0 Å². The zero-order chi connectivity index (χ0) is 40.3. The zero-order valence-electron chi connectivity index (χ0n) is 34.5. The number of benzene rings is 10. The molecule has 0 aromatic heterocycles. The van der Waals surface area contributed by atoms with E-state index in [4.69, 9.17) is 0 Å². The molecule has 0 aliphatic heterocycles. The third-order valence-corrected chi connectivity index (χ3v) is 14.1. The maximum Gasteiger partial charge on any atom is 0.0159 e. The molecule has 10 aromatic rings. The highest BCUT2D eigenvalue weighted by Gasteiger charge is 2.37. The molecule has 0 fully saturated rings. The van der Waals surface area contributed by atoms with Crippen molar-refractivity contribution in [2.45, 2.75) is 38.5 Å². The van der Waals surface area contributed by atoms with Gasteiger partial charge in [-0.15, -0.1) is 0 Å². The van der Waals surface area contributed by atoms with Crippen LogP contribution in [-0.2, 0) is 10.8 Å². The number of hydrogen-bond acceptors (Lipinski definition) is 0. The minimum Gasteiger partial charge on any atom is -0.0619 e. The van der Waals surface area contributed by atoms with Gasteiger partial charge in [0.05, 0.1) is 0 Å². The lowest BCUT2D eigenvalue weighted by atomic mass is 9.80. The van der Waals surface area contributed by atoms with Crippen molar-refractivity contribution >= 4 is 32.3 Å². The molecule has 0 heterocycles. The van der Waals surface area contributed by atoms with Crippen molar-refractivity contribution in [3.63, 3.8) is 0 Å². The summed E-state index contributed by atoms with van der Waals surface area (Å²) < 4.78 is 0. The Labute approximate surface area is 352 Å². The third-order valence-electron chi connectivity index (χ3n) is 14.1. The van der Waals surface area contributed by atoms with Gasteiger partial charge in [-0.2, -0.15) is 0 Å². The topological polar surface area (TPSA) is 0 Å². The third kappa shape index (κ3) is 4.98.